The number of ether oxygens (including phenoxy) is 1. The molecule has 1 fully saturated rings. The fourth-order valence-corrected chi connectivity index (χ4v) is 6.71. The van der Waals surface area contributed by atoms with Crippen molar-refractivity contribution in [3.63, 3.8) is 0 Å². The molecule has 33 heavy (non-hydrogen) atoms. The Morgan fingerprint density at radius 3 is 2.67 bits per heavy atom. The van der Waals surface area contributed by atoms with Gasteiger partial charge in [-0.25, -0.2) is 18.2 Å². The molecule has 9 nitrogen and oxygen atoms in total. The number of aromatic nitrogens is 1. The number of carbonyl (C=O) groups is 2. The van der Waals surface area contributed by atoms with E-state index in [-0.39, 0.29) is 40.6 Å². The van der Waals surface area contributed by atoms with Crippen molar-refractivity contribution in [3.05, 3.63) is 35.2 Å². The molecule has 0 bridgehead atoms. The minimum Gasteiger partial charge on any atom is -0.462 e. The Labute approximate surface area is 205 Å². The Bertz CT molecular complexity index is 1270. The summed E-state index contributed by atoms with van der Waals surface area (Å²) in [5.41, 5.74) is 6.79. The quantitative estimate of drug-likeness (QED) is 0.447. The van der Waals surface area contributed by atoms with Gasteiger partial charge in [-0.2, -0.15) is 0 Å². The number of sulfonamides is 1. The molecule has 3 N–H and O–H groups in total. The van der Waals surface area contributed by atoms with E-state index in [1.807, 2.05) is 0 Å². The fraction of sp³-hybridized carbons (Fsp3) is 0.350. The van der Waals surface area contributed by atoms with Crippen LogP contribution in [0.1, 0.15) is 30.1 Å². The zero-order chi connectivity index (χ0) is 22.9. The number of anilines is 2. The van der Waals surface area contributed by atoms with Gasteiger partial charge in [-0.05, 0) is 44.0 Å². The molecule has 3 aromatic rings. The number of fused-ring (bicyclic) bond motifs is 1. The van der Waals surface area contributed by atoms with Crippen molar-refractivity contribution < 1.29 is 22.7 Å². The van der Waals surface area contributed by atoms with Crippen LogP contribution in [0.3, 0.4) is 0 Å². The number of thiazole rings is 1. The minimum absolute atomic E-state index is 0. The van der Waals surface area contributed by atoms with Crippen molar-refractivity contribution >= 4 is 78.0 Å². The summed E-state index contributed by atoms with van der Waals surface area (Å²) in [5, 5.41) is 2.30. The second kappa shape index (κ2) is 10.2. The maximum Gasteiger partial charge on any atom is 0.339 e. The van der Waals surface area contributed by atoms with Gasteiger partial charge in [0.1, 0.15) is 4.21 Å². The van der Waals surface area contributed by atoms with Gasteiger partial charge in [-0.15, -0.1) is 23.7 Å². The molecule has 13 heteroatoms. The van der Waals surface area contributed by atoms with Gasteiger partial charge in [0.2, 0.25) is 5.91 Å². The van der Waals surface area contributed by atoms with Crippen LogP contribution in [0.25, 0.3) is 10.2 Å². The molecular formula is C20H23ClN4O5S3. The summed E-state index contributed by atoms with van der Waals surface area (Å²) >= 11 is 2.43. The van der Waals surface area contributed by atoms with Crippen LogP contribution in [-0.2, 0) is 19.6 Å². The third-order valence-corrected chi connectivity index (χ3v) is 9.05. The van der Waals surface area contributed by atoms with Gasteiger partial charge in [0.15, 0.2) is 5.13 Å². The zero-order valence-corrected chi connectivity index (χ0v) is 20.9. The molecule has 1 aromatic carbocycles. The standard InChI is InChI=1S/C20H22N4O5S3.ClH/c1-2-29-19(26)13-9-17(30-11-13)32(27,28)23-14-3-4-15-16(10-14)31-20(22-15)24-7-5-12(6-8-24)18(21)25;/h3-4,9-12,23H,2,5-8H2,1H3,(H2,21,25);1H. The molecule has 1 aliphatic heterocycles. The average Bonchev–Trinajstić information content (AvgIpc) is 3.41. The Balaban J connectivity index is 0.00000306. The van der Waals surface area contributed by atoms with Gasteiger partial charge in [-0.3, -0.25) is 9.52 Å². The molecule has 0 spiro atoms. The first-order chi connectivity index (χ1) is 15.3. The van der Waals surface area contributed by atoms with Crippen molar-refractivity contribution in [2.24, 2.45) is 11.7 Å². The number of carbonyl (C=O) groups excluding carboxylic acids is 2. The summed E-state index contributed by atoms with van der Waals surface area (Å²) in [7, 11) is -3.85. The van der Waals surface area contributed by atoms with Crippen LogP contribution in [0.2, 0.25) is 0 Å². The number of nitrogens with one attached hydrogen (secondary N) is 1. The van der Waals surface area contributed by atoms with Gasteiger partial charge < -0.3 is 15.4 Å². The van der Waals surface area contributed by atoms with Gasteiger partial charge in [0, 0.05) is 24.4 Å². The normalized spacial score (nSPS) is 14.6. The Morgan fingerprint density at radius 2 is 2.00 bits per heavy atom. The lowest BCUT2D eigenvalue weighted by Gasteiger charge is -2.30. The summed E-state index contributed by atoms with van der Waals surface area (Å²) in [6.07, 6.45) is 1.40. The predicted octanol–water partition coefficient (Wildman–Crippen LogP) is 3.46. The van der Waals surface area contributed by atoms with Crippen LogP contribution < -0.4 is 15.4 Å². The number of piperidine rings is 1. The number of amides is 1. The zero-order valence-electron chi connectivity index (χ0n) is 17.6. The monoisotopic (exact) mass is 530 g/mol. The summed E-state index contributed by atoms with van der Waals surface area (Å²) < 4.78 is 33.9. The van der Waals surface area contributed by atoms with Gasteiger partial charge in [-0.1, -0.05) is 11.3 Å². The summed E-state index contributed by atoms with van der Waals surface area (Å²) in [6.45, 7) is 3.31. The number of benzene rings is 1. The van der Waals surface area contributed by atoms with Crippen LogP contribution in [0.5, 0.6) is 0 Å². The maximum atomic E-state index is 12.8. The summed E-state index contributed by atoms with van der Waals surface area (Å²) in [4.78, 5) is 29.9. The Morgan fingerprint density at radius 1 is 1.27 bits per heavy atom. The first kappa shape index (κ1) is 25.2. The predicted molar refractivity (Wildman–Crippen MR) is 132 cm³/mol. The first-order valence-electron chi connectivity index (χ1n) is 10.00. The third kappa shape index (κ3) is 5.57. The fourth-order valence-electron chi connectivity index (χ4n) is 3.45. The third-order valence-electron chi connectivity index (χ3n) is 5.15. The summed E-state index contributed by atoms with van der Waals surface area (Å²) in [5.74, 6) is -0.905. The lowest BCUT2D eigenvalue weighted by atomic mass is 9.97. The van der Waals surface area contributed by atoms with E-state index in [9.17, 15) is 18.0 Å². The second-order valence-electron chi connectivity index (χ2n) is 7.32. The molecular weight excluding hydrogens is 508 g/mol. The SMILES string of the molecule is CCOC(=O)c1csc(S(=O)(=O)Nc2ccc3nc(N4CCC(C(N)=O)CC4)sc3c2)c1.Cl. The van der Waals surface area contributed by atoms with Crippen molar-refractivity contribution in [1.82, 2.24) is 4.98 Å². The Kier molecular flexibility index (Phi) is 7.83. The number of nitrogens with two attached hydrogens (primary N) is 1. The van der Waals surface area contributed by atoms with Crippen molar-refractivity contribution in [1.29, 1.82) is 0 Å². The van der Waals surface area contributed by atoms with E-state index in [1.165, 1.54) is 22.8 Å². The molecule has 3 heterocycles. The highest BCUT2D eigenvalue weighted by atomic mass is 35.5. The molecule has 178 valence electrons. The molecule has 0 atom stereocenters. The number of halogens is 1. The average molecular weight is 531 g/mol. The number of thiophene rings is 1. The molecule has 1 saturated heterocycles. The molecule has 1 aliphatic rings. The molecule has 0 radical (unpaired) electrons. The smallest absolute Gasteiger partial charge is 0.339 e. The number of hydrogen-bond donors (Lipinski definition) is 2. The minimum atomic E-state index is -3.85. The van der Waals surface area contributed by atoms with Crippen molar-refractivity contribution in [2.75, 3.05) is 29.3 Å². The van der Waals surface area contributed by atoms with Crippen LogP contribution >= 0.6 is 35.1 Å². The highest BCUT2D eigenvalue weighted by molar-refractivity contribution is 7.94. The molecule has 0 saturated carbocycles. The van der Waals surface area contributed by atoms with Crippen molar-refractivity contribution in [3.8, 4) is 0 Å². The van der Waals surface area contributed by atoms with E-state index < -0.39 is 16.0 Å². The lowest BCUT2D eigenvalue weighted by Crippen LogP contribution is -2.38. The number of nitrogens with zero attached hydrogens (tertiary/aromatic N) is 2. The van der Waals surface area contributed by atoms with Gasteiger partial charge in [0.25, 0.3) is 10.0 Å². The highest BCUT2D eigenvalue weighted by Gasteiger charge is 2.25. The topological polar surface area (TPSA) is 132 Å². The highest BCUT2D eigenvalue weighted by Crippen LogP contribution is 2.33. The number of primary amides is 1. The van der Waals surface area contributed by atoms with Gasteiger partial charge in [0.05, 0.1) is 28.1 Å². The van der Waals surface area contributed by atoms with E-state index in [0.29, 0.717) is 31.6 Å². The molecule has 4 rings (SSSR count). The van der Waals surface area contributed by atoms with Crippen molar-refractivity contribution in [2.45, 2.75) is 24.0 Å². The van der Waals surface area contributed by atoms with Crippen LogP contribution in [0.15, 0.2) is 33.9 Å². The van der Waals surface area contributed by atoms with Gasteiger partial charge >= 0.3 is 5.97 Å². The largest absolute Gasteiger partial charge is 0.462 e. The van der Waals surface area contributed by atoms with E-state index >= 15 is 0 Å². The second-order valence-corrected chi connectivity index (χ2v) is 11.2. The van der Waals surface area contributed by atoms with E-state index in [0.717, 1.165) is 26.7 Å². The summed E-state index contributed by atoms with van der Waals surface area (Å²) in [6, 6.07) is 6.47. The number of esters is 1. The van der Waals surface area contributed by atoms with E-state index in [1.54, 1.807) is 25.1 Å². The molecule has 0 aliphatic carbocycles. The van der Waals surface area contributed by atoms with Crippen LogP contribution in [-0.4, -0.2) is 45.0 Å². The molecule has 1 amide bonds. The van der Waals surface area contributed by atoms with E-state index in [2.05, 4.69) is 14.6 Å². The number of rotatable bonds is 7. The Hall–Kier alpha value is -2.41. The first-order valence-corrected chi connectivity index (χ1v) is 13.2. The molecule has 0 unspecified atom stereocenters. The van der Waals surface area contributed by atoms with Crippen LogP contribution in [0, 0.1) is 5.92 Å². The van der Waals surface area contributed by atoms with E-state index in [4.69, 9.17) is 10.5 Å². The number of hydrogen-bond acceptors (Lipinski definition) is 9. The lowest BCUT2D eigenvalue weighted by molar-refractivity contribution is -0.122. The maximum absolute atomic E-state index is 12.8. The van der Waals surface area contributed by atoms with Crippen LogP contribution in [0.4, 0.5) is 10.8 Å². The molecule has 2 aromatic heterocycles.